The summed E-state index contributed by atoms with van der Waals surface area (Å²) in [5, 5.41) is 14.1. The highest BCUT2D eigenvalue weighted by molar-refractivity contribution is 5.90. The summed E-state index contributed by atoms with van der Waals surface area (Å²) >= 11 is 0. The van der Waals surface area contributed by atoms with E-state index in [1.807, 2.05) is 4.90 Å². The monoisotopic (exact) mass is 330 g/mol. The summed E-state index contributed by atoms with van der Waals surface area (Å²) in [4.78, 5) is 23.0. The number of aromatic nitrogens is 2. The molecule has 1 amide bonds. The molecule has 0 radical (unpaired) electrons. The highest BCUT2D eigenvalue weighted by Gasteiger charge is 2.50. The number of carbonyl (C=O) groups is 1. The molecule has 7 heteroatoms. The quantitative estimate of drug-likeness (QED) is 0.822. The topological polar surface area (TPSA) is 78.4 Å². The van der Waals surface area contributed by atoms with Crippen LogP contribution in [0.3, 0.4) is 0 Å². The van der Waals surface area contributed by atoms with E-state index in [0.29, 0.717) is 43.8 Å². The number of amides is 1. The van der Waals surface area contributed by atoms with Crippen LogP contribution in [0.25, 0.3) is 10.9 Å². The van der Waals surface area contributed by atoms with Crippen LogP contribution in [-0.2, 0) is 4.79 Å². The number of aliphatic hydroxyl groups is 1. The first-order valence-electron chi connectivity index (χ1n) is 8.22. The molecule has 0 aliphatic carbocycles. The number of hydrogen-bond donors (Lipinski definition) is 2. The Morgan fingerprint density at radius 2 is 2.25 bits per heavy atom. The largest absolute Gasteiger partial charge is 0.392 e. The summed E-state index contributed by atoms with van der Waals surface area (Å²) in [5.74, 6) is 0.254. The van der Waals surface area contributed by atoms with Crippen molar-refractivity contribution in [1.82, 2.24) is 15.3 Å². The number of halogens is 1. The maximum absolute atomic E-state index is 13.4. The zero-order valence-electron chi connectivity index (χ0n) is 13.2. The highest BCUT2D eigenvalue weighted by Crippen LogP contribution is 2.39. The van der Waals surface area contributed by atoms with Gasteiger partial charge in [-0.3, -0.25) is 4.79 Å². The normalized spacial score (nSPS) is 27.5. The first-order chi connectivity index (χ1) is 11.6. The SMILES string of the molecule is O=C1NCCC[C@]12CN(c1ncnc3cc(F)ccc13)CC[C@H]2O. The molecule has 126 valence electrons. The molecule has 2 aliphatic rings. The molecule has 0 saturated carbocycles. The Labute approximate surface area is 138 Å². The average Bonchev–Trinajstić information content (AvgIpc) is 2.59. The first-order valence-corrected chi connectivity index (χ1v) is 8.22. The Balaban J connectivity index is 1.74. The summed E-state index contributed by atoms with van der Waals surface area (Å²) < 4.78 is 13.4. The summed E-state index contributed by atoms with van der Waals surface area (Å²) in [5.41, 5.74) is -0.262. The Hall–Kier alpha value is -2.28. The van der Waals surface area contributed by atoms with Crippen LogP contribution in [0.1, 0.15) is 19.3 Å². The van der Waals surface area contributed by atoms with E-state index in [0.717, 1.165) is 11.8 Å². The van der Waals surface area contributed by atoms with Crippen molar-refractivity contribution >= 4 is 22.6 Å². The number of rotatable bonds is 1. The van der Waals surface area contributed by atoms with E-state index in [4.69, 9.17) is 0 Å². The molecule has 2 atom stereocenters. The fourth-order valence-electron chi connectivity index (χ4n) is 3.89. The minimum Gasteiger partial charge on any atom is -0.392 e. The van der Waals surface area contributed by atoms with Gasteiger partial charge in [0, 0.05) is 31.1 Å². The molecule has 2 fully saturated rings. The minimum atomic E-state index is -0.798. The van der Waals surface area contributed by atoms with E-state index >= 15 is 0 Å². The predicted molar refractivity (Wildman–Crippen MR) is 87.0 cm³/mol. The zero-order valence-corrected chi connectivity index (χ0v) is 13.2. The van der Waals surface area contributed by atoms with Crippen LogP contribution >= 0.6 is 0 Å². The fourth-order valence-corrected chi connectivity index (χ4v) is 3.89. The highest BCUT2D eigenvalue weighted by atomic mass is 19.1. The molecule has 1 aromatic heterocycles. The zero-order chi connectivity index (χ0) is 16.7. The lowest BCUT2D eigenvalue weighted by atomic mass is 9.71. The number of anilines is 1. The van der Waals surface area contributed by atoms with Crippen molar-refractivity contribution in [1.29, 1.82) is 0 Å². The Morgan fingerprint density at radius 1 is 1.38 bits per heavy atom. The third kappa shape index (κ3) is 2.31. The second-order valence-electron chi connectivity index (χ2n) is 6.60. The summed E-state index contributed by atoms with van der Waals surface area (Å²) in [7, 11) is 0. The lowest BCUT2D eigenvalue weighted by Gasteiger charge is -2.47. The van der Waals surface area contributed by atoms with Gasteiger partial charge in [0.2, 0.25) is 5.91 Å². The Morgan fingerprint density at radius 3 is 3.08 bits per heavy atom. The number of fused-ring (bicyclic) bond motifs is 1. The molecule has 6 nitrogen and oxygen atoms in total. The molecule has 2 N–H and O–H groups in total. The maximum Gasteiger partial charge on any atom is 0.230 e. The van der Waals surface area contributed by atoms with Crippen molar-refractivity contribution in [3.63, 3.8) is 0 Å². The summed E-state index contributed by atoms with van der Waals surface area (Å²) in [6.45, 7) is 1.66. The molecule has 0 bridgehead atoms. The number of hydrogen-bond acceptors (Lipinski definition) is 5. The van der Waals surface area contributed by atoms with Gasteiger partial charge in [-0.2, -0.15) is 0 Å². The number of benzene rings is 1. The van der Waals surface area contributed by atoms with Gasteiger partial charge in [0.1, 0.15) is 18.0 Å². The van der Waals surface area contributed by atoms with Crippen molar-refractivity contribution in [2.45, 2.75) is 25.4 Å². The smallest absolute Gasteiger partial charge is 0.230 e. The molecule has 4 rings (SSSR count). The van der Waals surface area contributed by atoms with E-state index < -0.39 is 11.5 Å². The Bertz CT molecular complexity index is 799. The fraction of sp³-hybridized carbons (Fsp3) is 0.471. The van der Waals surface area contributed by atoms with Gasteiger partial charge in [0.25, 0.3) is 0 Å². The second-order valence-corrected chi connectivity index (χ2v) is 6.60. The molecule has 0 unspecified atom stereocenters. The summed E-state index contributed by atoms with van der Waals surface area (Å²) in [6.07, 6.45) is 2.77. The number of carbonyl (C=O) groups excluding carboxylic acids is 1. The van der Waals surface area contributed by atoms with Gasteiger partial charge in [-0.1, -0.05) is 0 Å². The van der Waals surface area contributed by atoms with Gasteiger partial charge in [0.15, 0.2) is 0 Å². The molecule has 2 saturated heterocycles. The number of nitrogens with one attached hydrogen (secondary N) is 1. The van der Waals surface area contributed by atoms with Crippen LogP contribution in [-0.4, -0.2) is 46.7 Å². The average molecular weight is 330 g/mol. The number of aliphatic hydroxyl groups excluding tert-OH is 1. The first kappa shape index (κ1) is 15.3. The van der Waals surface area contributed by atoms with Crippen LogP contribution in [0, 0.1) is 11.2 Å². The molecular weight excluding hydrogens is 311 g/mol. The number of piperidine rings is 2. The van der Waals surface area contributed by atoms with E-state index in [9.17, 15) is 14.3 Å². The van der Waals surface area contributed by atoms with Gasteiger partial charge >= 0.3 is 0 Å². The lowest BCUT2D eigenvalue weighted by molar-refractivity contribution is -0.142. The van der Waals surface area contributed by atoms with E-state index in [-0.39, 0.29) is 11.7 Å². The molecular formula is C17H19FN4O2. The van der Waals surface area contributed by atoms with Gasteiger partial charge < -0.3 is 15.3 Å². The molecule has 2 aromatic rings. The van der Waals surface area contributed by atoms with Gasteiger partial charge in [0.05, 0.1) is 17.0 Å². The number of nitrogens with zero attached hydrogens (tertiary/aromatic N) is 3. The maximum atomic E-state index is 13.4. The van der Waals surface area contributed by atoms with Crippen molar-refractivity contribution < 1.29 is 14.3 Å². The standard InChI is InChI=1S/C17H19FN4O2/c18-11-2-3-12-13(8-11)20-10-21-15(12)22-7-4-14(23)17(9-22)5-1-6-19-16(17)24/h2-3,8,10,14,23H,1,4-7,9H2,(H,19,24)/t14-,17-/m1/s1. The van der Waals surface area contributed by atoms with Crippen LogP contribution in [0.2, 0.25) is 0 Å². The van der Waals surface area contributed by atoms with Crippen LogP contribution in [0.4, 0.5) is 10.2 Å². The van der Waals surface area contributed by atoms with Crippen molar-refractivity contribution in [2.24, 2.45) is 5.41 Å². The van der Waals surface area contributed by atoms with Crippen molar-refractivity contribution in [2.75, 3.05) is 24.5 Å². The second kappa shape index (κ2) is 5.66. The molecule has 2 aliphatic heterocycles. The van der Waals surface area contributed by atoms with Crippen LogP contribution < -0.4 is 10.2 Å². The minimum absolute atomic E-state index is 0.0876. The van der Waals surface area contributed by atoms with Crippen LogP contribution in [0.5, 0.6) is 0 Å². The van der Waals surface area contributed by atoms with E-state index in [1.54, 1.807) is 6.07 Å². The van der Waals surface area contributed by atoms with E-state index in [2.05, 4.69) is 15.3 Å². The van der Waals surface area contributed by atoms with E-state index in [1.165, 1.54) is 18.5 Å². The predicted octanol–water partition coefficient (Wildman–Crippen LogP) is 1.24. The summed E-state index contributed by atoms with van der Waals surface area (Å²) in [6, 6.07) is 4.43. The lowest BCUT2D eigenvalue weighted by Crippen LogP contribution is -2.61. The van der Waals surface area contributed by atoms with Gasteiger partial charge in [-0.05, 0) is 31.4 Å². The molecule has 24 heavy (non-hydrogen) atoms. The molecule has 1 spiro atoms. The van der Waals surface area contributed by atoms with Crippen LogP contribution in [0.15, 0.2) is 24.5 Å². The third-order valence-corrected chi connectivity index (χ3v) is 5.20. The van der Waals surface area contributed by atoms with Gasteiger partial charge in [-0.25, -0.2) is 14.4 Å². The van der Waals surface area contributed by atoms with Gasteiger partial charge in [-0.15, -0.1) is 0 Å². The molecule has 1 aromatic carbocycles. The Kier molecular flexibility index (Phi) is 3.60. The third-order valence-electron chi connectivity index (χ3n) is 5.20. The molecule has 3 heterocycles. The van der Waals surface area contributed by atoms with Crippen molar-refractivity contribution in [3.05, 3.63) is 30.3 Å². The van der Waals surface area contributed by atoms with Crippen molar-refractivity contribution in [3.8, 4) is 0 Å².